The summed E-state index contributed by atoms with van der Waals surface area (Å²) in [6, 6.07) is 12.1. The van der Waals surface area contributed by atoms with Crippen LogP contribution >= 0.6 is 0 Å². The molecule has 1 aromatic heterocycles. The zero-order valence-corrected chi connectivity index (χ0v) is 22.3. The molecule has 1 fully saturated rings. The van der Waals surface area contributed by atoms with E-state index in [0.29, 0.717) is 5.75 Å². The van der Waals surface area contributed by atoms with Crippen LogP contribution in [0.2, 0.25) is 0 Å². The van der Waals surface area contributed by atoms with Crippen LogP contribution in [-0.4, -0.2) is 11.0 Å². The molecule has 0 unspecified atom stereocenters. The molecule has 35 heavy (non-hydrogen) atoms. The van der Waals surface area contributed by atoms with E-state index in [-0.39, 0.29) is 11.9 Å². The van der Waals surface area contributed by atoms with Gasteiger partial charge >= 0.3 is 5.97 Å². The Morgan fingerprint density at radius 2 is 1.46 bits per heavy atom. The minimum absolute atomic E-state index is 0.0550. The van der Waals surface area contributed by atoms with Crippen molar-refractivity contribution in [2.45, 2.75) is 117 Å². The van der Waals surface area contributed by atoms with Crippen molar-refractivity contribution >= 4 is 5.97 Å². The fourth-order valence-electron chi connectivity index (χ4n) is 5.29. The van der Waals surface area contributed by atoms with Crippen molar-refractivity contribution in [3.05, 3.63) is 48.2 Å². The smallest absolute Gasteiger partial charge is 0.314 e. The standard InChI is InChI=1S/C32H47NO2/c1-3-5-7-9-11-13-26-15-18-29(19-16-26)32(34)35-30-22-20-28(21-23-30)31-24-17-27(25-33-31)14-12-10-8-6-4-2/h17,20-26,29H,3-16,18-19H2,1-2H3/t26-,29-. The number of aromatic nitrogens is 1. The summed E-state index contributed by atoms with van der Waals surface area (Å²) in [4.78, 5) is 17.4. The van der Waals surface area contributed by atoms with Gasteiger partial charge in [0.2, 0.25) is 0 Å². The predicted molar refractivity (Wildman–Crippen MR) is 147 cm³/mol. The normalized spacial score (nSPS) is 17.9. The molecule has 0 bridgehead atoms. The first-order chi connectivity index (χ1) is 17.2. The number of esters is 1. The Balaban J connectivity index is 1.39. The highest BCUT2D eigenvalue weighted by molar-refractivity contribution is 5.75. The average molecular weight is 478 g/mol. The summed E-state index contributed by atoms with van der Waals surface area (Å²) in [5.74, 6) is 1.45. The van der Waals surface area contributed by atoms with Gasteiger partial charge in [0.1, 0.15) is 5.75 Å². The van der Waals surface area contributed by atoms with Gasteiger partial charge in [-0.3, -0.25) is 9.78 Å². The van der Waals surface area contributed by atoms with E-state index in [1.165, 1.54) is 89.0 Å². The molecule has 0 amide bonds. The number of aryl methyl sites for hydroxylation is 1. The molecule has 0 radical (unpaired) electrons. The Morgan fingerprint density at radius 1 is 0.800 bits per heavy atom. The van der Waals surface area contributed by atoms with E-state index in [0.717, 1.165) is 36.4 Å². The van der Waals surface area contributed by atoms with Gasteiger partial charge in [-0.2, -0.15) is 0 Å². The number of rotatable bonds is 15. The maximum Gasteiger partial charge on any atom is 0.314 e. The molecule has 1 aliphatic carbocycles. The van der Waals surface area contributed by atoms with Crippen LogP contribution in [0.3, 0.4) is 0 Å². The Labute approximate surface area is 214 Å². The molecule has 2 aromatic rings. The van der Waals surface area contributed by atoms with Gasteiger partial charge in [-0.1, -0.05) is 84.1 Å². The van der Waals surface area contributed by atoms with E-state index in [1.54, 1.807) is 0 Å². The summed E-state index contributed by atoms with van der Waals surface area (Å²) in [6.07, 6.45) is 22.0. The van der Waals surface area contributed by atoms with Gasteiger partial charge in [0, 0.05) is 11.8 Å². The second-order valence-electron chi connectivity index (χ2n) is 10.6. The Kier molecular flexibility index (Phi) is 12.3. The predicted octanol–water partition coefficient (Wildman–Crippen LogP) is 9.33. The molecule has 0 atom stereocenters. The van der Waals surface area contributed by atoms with Gasteiger partial charge in [0.15, 0.2) is 0 Å². The first-order valence-electron chi connectivity index (χ1n) is 14.5. The van der Waals surface area contributed by atoms with Gasteiger partial charge in [0.25, 0.3) is 0 Å². The molecule has 3 rings (SSSR count). The lowest BCUT2D eigenvalue weighted by Gasteiger charge is -2.27. The summed E-state index contributed by atoms with van der Waals surface area (Å²) in [6.45, 7) is 4.52. The SMILES string of the molecule is CCCCCCCc1ccc(-c2ccc(OC(=O)[C@H]3CC[C@H](CCCCCCC)CC3)cc2)nc1. The number of carbonyl (C=O) groups excluding carboxylic acids is 1. The topological polar surface area (TPSA) is 39.2 Å². The number of benzene rings is 1. The van der Waals surface area contributed by atoms with E-state index in [2.05, 4.69) is 31.0 Å². The highest BCUT2D eigenvalue weighted by Gasteiger charge is 2.27. The summed E-state index contributed by atoms with van der Waals surface area (Å²) in [5.41, 5.74) is 3.33. The molecule has 0 N–H and O–H groups in total. The van der Waals surface area contributed by atoms with Gasteiger partial charge in [-0.15, -0.1) is 0 Å². The van der Waals surface area contributed by atoms with E-state index in [4.69, 9.17) is 4.74 Å². The molecule has 3 nitrogen and oxygen atoms in total. The molecule has 1 heterocycles. The third-order valence-corrected chi connectivity index (χ3v) is 7.66. The zero-order valence-electron chi connectivity index (χ0n) is 22.3. The summed E-state index contributed by atoms with van der Waals surface area (Å²) in [5, 5.41) is 0. The van der Waals surface area contributed by atoms with Crippen molar-refractivity contribution in [2.75, 3.05) is 0 Å². The Morgan fingerprint density at radius 3 is 2.09 bits per heavy atom. The second kappa shape index (κ2) is 15.8. The molecule has 3 heteroatoms. The molecular weight excluding hydrogens is 430 g/mol. The molecule has 0 saturated heterocycles. The summed E-state index contributed by atoms with van der Waals surface area (Å²) in [7, 11) is 0. The number of hydrogen-bond donors (Lipinski definition) is 0. The van der Waals surface area contributed by atoms with Gasteiger partial charge in [-0.05, 0) is 80.3 Å². The van der Waals surface area contributed by atoms with Gasteiger partial charge < -0.3 is 4.74 Å². The Bertz CT molecular complexity index is 835. The highest BCUT2D eigenvalue weighted by atomic mass is 16.5. The highest BCUT2D eigenvalue weighted by Crippen LogP contribution is 2.33. The third kappa shape index (κ3) is 9.78. The number of carbonyl (C=O) groups is 1. The van der Waals surface area contributed by atoms with Crippen molar-refractivity contribution < 1.29 is 9.53 Å². The number of unbranched alkanes of at least 4 members (excludes halogenated alkanes) is 8. The fraction of sp³-hybridized carbons (Fsp3) is 0.625. The van der Waals surface area contributed by atoms with Crippen molar-refractivity contribution in [3.63, 3.8) is 0 Å². The van der Waals surface area contributed by atoms with Crippen LogP contribution in [0.5, 0.6) is 5.75 Å². The molecule has 1 saturated carbocycles. The van der Waals surface area contributed by atoms with Crippen LogP contribution in [0.15, 0.2) is 42.6 Å². The van der Waals surface area contributed by atoms with Crippen molar-refractivity contribution in [1.29, 1.82) is 0 Å². The number of ether oxygens (including phenoxy) is 1. The van der Waals surface area contributed by atoms with Crippen molar-refractivity contribution in [3.8, 4) is 17.0 Å². The minimum Gasteiger partial charge on any atom is -0.426 e. The largest absolute Gasteiger partial charge is 0.426 e. The lowest BCUT2D eigenvalue weighted by atomic mass is 9.80. The molecule has 192 valence electrons. The van der Waals surface area contributed by atoms with E-state index < -0.39 is 0 Å². The monoisotopic (exact) mass is 477 g/mol. The number of nitrogens with zero attached hydrogens (tertiary/aromatic N) is 1. The van der Waals surface area contributed by atoms with E-state index in [1.807, 2.05) is 30.5 Å². The van der Waals surface area contributed by atoms with Gasteiger partial charge in [0.05, 0.1) is 11.6 Å². The number of pyridine rings is 1. The van der Waals surface area contributed by atoms with Crippen LogP contribution in [0.25, 0.3) is 11.3 Å². The Hall–Kier alpha value is -2.16. The first kappa shape index (κ1) is 27.4. The lowest BCUT2D eigenvalue weighted by molar-refractivity contribution is -0.140. The second-order valence-corrected chi connectivity index (χ2v) is 10.6. The first-order valence-corrected chi connectivity index (χ1v) is 14.5. The third-order valence-electron chi connectivity index (χ3n) is 7.66. The fourth-order valence-corrected chi connectivity index (χ4v) is 5.29. The molecular formula is C32H47NO2. The van der Waals surface area contributed by atoms with Crippen LogP contribution in [0.4, 0.5) is 0 Å². The zero-order chi connectivity index (χ0) is 24.7. The number of hydrogen-bond acceptors (Lipinski definition) is 3. The molecule has 1 aliphatic rings. The van der Waals surface area contributed by atoms with Crippen LogP contribution in [0, 0.1) is 11.8 Å². The molecule has 0 spiro atoms. The van der Waals surface area contributed by atoms with E-state index >= 15 is 0 Å². The van der Waals surface area contributed by atoms with Crippen LogP contribution < -0.4 is 4.74 Å². The van der Waals surface area contributed by atoms with Crippen molar-refractivity contribution in [1.82, 2.24) is 4.98 Å². The summed E-state index contributed by atoms with van der Waals surface area (Å²) >= 11 is 0. The van der Waals surface area contributed by atoms with Crippen LogP contribution in [0.1, 0.15) is 116 Å². The molecule has 1 aromatic carbocycles. The van der Waals surface area contributed by atoms with E-state index in [9.17, 15) is 4.79 Å². The average Bonchev–Trinajstić information content (AvgIpc) is 2.90. The van der Waals surface area contributed by atoms with Gasteiger partial charge in [-0.25, -0.2) is 0 Å². The van der Waals surface area contributed by atoms with Crippen molar-refractivity contribution in [2.24, 2.45) is 11.8 Å². The maximum atomic E-state index is 12.7. The summed E-state index contributed by atoms with van der Waals surface area (Å²) < 4.78 is 5.74. The van der Waals surface area contributed by atoms with Crippen LogP contribution in [-0.2, 0) is 11.2 Å². The lowest BCUT2D eigenvalue weighted by Crippen LogP contribution is -2.25. The quantitative estimate of drug-likeness (QED) is 0.146. The maximum absolute atomic E-state index is 12.7. The molecule has 0 aliphatic heterocycles. The minimum atomic E-state index is -0.0550.